The number of aliphatic hydroxyl groups is 1. The van der Waals surface area contributed by atoms with Crippen LogP contribution < -0.4 is 11.1 Å². The van der Waals surface area contributed by atoms with Crippen molar-refractivity contribution in [2.45, 2.75) is 18.4 Å². The first-order valence-electron chi connectivity index (χ1n) is 8.67. The van der Waals surface area contributed by atoms with Crippen LogP contribution in [0.25, 0.3) is 0 Å². The number of nitrogens with zero attached hydrogens (tertiary/aromatic N) is 1. The maximum atomic E-state index is 12.3. The molecule has 0 aromatic heterocycles. The Bertz CT molecular complexity index is 784. The van der Waals surface area contributed by atoms with E-state index >= 15 is 0 Å². The van der Waals surface area contributed by atoms with E-state index in [-0.39, 0.29) is 18.0 Å². The minimum Gasteiger partial charge on any atom is -0.385 e. The largest absolute Gasteiger partial charge is 0.385 e. The third kappa shape index (κ3) is 4.09. The highest BCUT2D eigenvalue weighted by Crippen LogP contribution is 2.32. The second-order valence-electron chi connectivity index (χ2n) is 6.63. The van der Waals surface area contributed by atoms with Crippen LogP contribution in [0.3, 0.4) is 0 Å². The van der Waals surface area contributed by atoms with Crippen molar-refractivity contribution in [2.24, 2.45) is 5.73 Å². The Morgan fingerprint density at radius 3 is 2.31 bits per heavy atom. The zero-order valence-electron chi connectivity index (χ0n) is 14.5. The zero-order chi connectivity index (χ0) is 18.6. The number of carbonyl (C=O) groups is 2. The lowest BCUT2D eigenvalue weighted by atomic mass is 9.84. The molecule has 1 aliphatic rings. The molecule has 26 heavy (non-hydrogen) atoms. The number of benzene rings is 2. The van der Waals surface area contributed by atoms with E-state index in [1.54, 1.807) is 24.3 Å². The third-order valence-corrected chi connectivity index (χ3v) is 4.83. The van der Waals surface area contributed by atoms with Crippen LogP contribution in [0.2, 0.25) is 0 Å². The molecule has 0 bridgehead atoms. The van der Waals surface area contributed by atoms with Gasteiger partial charge in [0.1, 0.15) is 0 Å². The van der Waals surface area contributed by atoms with Gasteiger partial charge in [-0.2, -0.15) is 0 Å². The molecule has 0 atom stereocenters. The fourth-order valence-electron chi connectivity index (χ4n) is 3.32. The van der Waals surface area contributed by atoms with Crippen molar-refractivity contribution in [3.05, 3.63) is 65.7 Å². The van der Waals surface area contributed by atoms with E-state index in [0.29, 0.717) is 31.6 Å². The van der Waals surface area contributed by atoms with Gasteiger partial charge in [0.2, 0.25) is 5.91 Å². The Hall–Kier alpha value is -2.70. The Labute approximate surface area is 152 Å². The van der Waals surface area contributed by atoms with E-state index in [9.17, 15) is 14.7 Å². The van der Waals surface area contributed by atoms with Gasteiger partial charge in [-0.3, -0.25) is 14.5 Å². The van der Waals surface area contributed by atoms with Crippen LogP contribution in [0.4, 0.5) is 5.69 Å². The summed E-state index contributed by atoms with van der Waals surface area (Å²) in [6.07, 6.45) is 1.14. The van der Waals surface area contributed by atoms with E-state index in [1.807, 2.05) is 35.2 Å². The molecule has 0 aliphatic carbocycles. The highest BCUT2D eigenvalue weighted by molar-refractivity contribution is 6.03. The van der Waals surface area contributed by atoms with E-state index < -0.39 is 11.5 Å². The summed E-state index contributed by atoms with van der Waals surface area (Å²) in [5, 5.41) is 13.6. The van der Waals surface area contributed by atoms with Gasteiger partial charge in [0, 0.05) is 13.1 Å². The van der Waals surface area contributed by atoms with E-state index in [0.717, 1.165) is 5.56 Å². The van der Waals surface area contributed by atoms with E-state index in [1.165, 1.54) is 0 Å². The first-order valence-corrected chi connectivity index (χ1v) is 8.67. The molecule has 0 unspecified atom stereocenters. The Kier molecular flexibility index (Phi) is 5.35. The molecule has 0 spiro atoms. The smallest absolute Gasteiger partial charge is 0.250 e. The summed E-state index contributed by atoms with van der Waals surface area (Å²) in [4.78, 5) is 25.8. The summed E-state index contributed by atoms with van der Waals surface area (Å²) >= 11 is 0. The second-order valence-corrected chi connectivity index (χ2v) is 6.63. The zero-order valence-corrected chi connectivity index (χ0v) is 14.5. The van der Waals surface area contributed by atoms with E-state index in [2.05, 4.69) is 5.32 Å². The molecule has 1 fully saturated rings. The quantitative estimate of drug-likeness (QED) is 0.762. The second kappa shape index (κ2) is 7.68. The standard InChI is InChI=1S/C20H23N3O3/c21-19(25)16-8-4-5-9-17(16)22-18(24)14-23-12-10-20(26,11-13-23)15-6-2-1-3-7-15/h1-9,26H,10-14H2,(H2,21,25)(H,22,24). The Morgan fingerprint density at radius 1 is 1.04 bits per heavy atom. The van der Waals surface area contributed by atoms with Gasteiger partial charge in [0.15, 0.2) is 0 Å². The highest BCUT2D eigenvalue weighted by Gasteiger charge is 2.34. The minimum absolute atomic E-state index is 0.205. The van der Waals surface area contributed by atoms with Gasteiger partial charge in [0.05, 0.1) is 23.4 Å². The summed E-state index contributed by atoms with van der Waals surface area (Å²) in [6.45, 7) is 1.45. The van der Waals surface area contributed by atoms with Crippen molar-refractivity contribution < 1.29 is 14.7 Å². The van der Waals surface area contributed by atoms with Gasteiger partial charge in [-0.25, -0.2) is 0 Å². The van der Waals surface area contributed by atoms with Crippen LogP contribution in [0, 0.1) is 0 Å². The number of hydrogen-bond donors (Lipinski definition) is 3. The molecule has 3 rings (SSSR count). The number of anilines is 1. The van der Waals surface area contributed by atoms with Crippen molar-refractivity contribution in [2.75, 3.05) is 25.0 Å². The molecule has 1 aliphatic heterocycles. The van der Waals surface area contributed by atoms with Crippen LogP contribution in [-0.4, -0.2) is 41.5 Å². The number of piperidine rings is 1. The number of rotatable bonds is 5. The molecule has 6 heteroatoms. The molecule has 2 aromatic rings. The van der Waals surface area contributed by atoms with Crippen LogP contribution in [-0.2, 0) is 10.4 Å². The maximum absolute atomic E-state index is 12.3. The summed E-state index contributed by atoms with van der Waals surface area (Å²) < 4.78 is 0. The van der Waals surface area contributed by atoms with Gasteiger partial charge in [-0.1, -0.05) is 42.5 Å². The van der Waals surface area contributed by atoms with Crippen molar-refractivity contribution in [1.29, 1.82) is 0 Å². The highest BCUT2D eigenvalue weighted by atomic mass is 16.3. The number of para-hydroxylation sites is 1. The number of likely N-dealkylation sites (tertiary alicyclic amines) is 1. The number of nitrogens with one attached hydrogen (secondary N) is 1. The molecule has 2 amide bonds. The molecule has 1 heterocycles. The van der Waals surface area contributed by atoms with Crippen molar-refractivity contribution in [1.82, 2.24) is 4.90 Å². The maximum Gasteiger partial charge on any atom is 0.250 e. The number of hydrogen-bond acceptors (Lipinski definition) is 4. The number of carbonyl (C=O) groups excluding carboxylic acids is 2. The molecular weight excluding hydrogens is 330 g/mol. The fourth-order valence-corrected chi connectivity index (χ4v) is 3.32. The summed E-state index contributed by atoms with van der Waals surface area (Å²) in [6, 6.07) is 16.3. The predicted octanol–water partition coefficient (Wildman–Crippen LogP) is 1.71. The third-order valence-electron chi connectivity index (χ3n) is 4.83. The first-order chi connectivity index (χ1) is 12.5. The first kappa shape index (κ1) is 18.1. The lowest BCUT2D eigenvalue weighted by molar-refractivity contribution is -0.118. The Morgan fingerprint density at radius 2 is 1.65 bits per heavy atom. The van der Waals surface area contributed by atoms with Gasteiger partial charge >= 0.3 is 0 Å². The molecular formula is C20H23N3O3. The van der Waals surface area contributed by atoms with E-state index in [4.69, 9.17) is 5.73 Å². The minimum atomic E-state index is -0.840. The normalized spacial score (nSPS) is 16.8. The molecule has 1 saturated heterocycles. The molecule has 136 valence electrons. The SMILES string of the molecule is NC(=O)c1ccccc1NC(=O)CN1CCC(O)(c2ccccc2)CC1. The van der Waals surface area contributed by atoms with Crippen molar-refractivity contribution in [3.63, 3.8) is 0 Å². The van der Waals surface area contributed by atoms with Crippen LogP contribution in [0.1, 0.15) is 28.8 Å². The molecule has 4 N–H and O–H groups in total. The molecule has 6 nitrogen and oxygen atoms in total. The van der Waals surface area contributed by atoms with Crippen LogP contribution >= 0.6 is 0 Å². The average molecular weight is 353 g/mol. The van der Waals surface area contributed by atoms with Gasteiger partial charge in [-0.05, 0) is 30.5 Å². The number of amides is 2. The number of primary amides is 1. The van der Waals surface area contributed by atoms with Gasteiger partial charge in [-0.15, -0.1) is 0 Å². The summed E-state index contributed by atoms with van der Waals surface area (Å²) in [5.74, 6) is -0.782. The molecule has 0 radical (unpaired) electrons. The summed E-state index contributed by atoms with van der Waals surface area (Å²) in [7, 11) is 0. The number of nitrogens with two attached hydrogens (primary N) is 1. The van der Waals surface area contributed by atoms with Gasteiger partial charge in [0.25, 0.3) is 5.91 Å². The van der Waals surface area contributed by atoms with Gasteiger partial charge < -0.3 is 16.2 Å². The summed E-state index contributed by atoms with van der Waals surface area (Å²) in [5.41, 5.74) is 6.12. The van der Waals surface area contributed by atoms with Crippen LogP contribution in [0.5, 0.6) is 0 Å². The van der Waals surface area contributed by atoms with Crippen molar-refractivity contribution in [3.8, 4) is 0 Å². The fraction of sp³-hybridized carbons (Fsp3) is 0.300. The lowest BCUT2D eigenvalue weighted by Gasteiger charge is -2.38. The molecule has 2 aromatic carbocycles. The van der Waals surface area contributed by atoms with Crippen LogP contribution in [0.15, 0.2) is 54.6 Å². The predicted molar refractivity (Wildman–Crippen MR) is 99.6 cm³/mol. The van der Waals surface area contributed by atoms with Crippen molar-refractivity contribution >= 4 is 17.5 Å². The molecule has 0 saturated carbocycles. The monoisotopic (exact) mass is 353 g/mol. The average Bonchev–Trinajstić information content (AvgIpc) is 2.65. The topological polar surface area (TPSA) is 95.7 Å². The lowest BCUT2D eigenvalue weighted by Crippen LogP contribution is -2.45. The Balaban J connectivity index is 1.57.